The quantitative estimate of drug-likeness (QED) is 0.424. The zero-order chi connectivity index (χ0) is 22.5. The summed E-state index contributed by atoms with van der Waals surface area (Å²) in [6.45, 7) is 0.753. The predicted molar refractivity (Wildman–Crippen MR) is 125 cm³/mol. The number of para-hydroxylation sites is 3. The molecular formula is C24H21N5O3S. The van der Waals surface area contributed by atoms with E-state index in [0.717, 1.165) is 17.0 Å². The van der Waals surface area contributed by atoms with Crippen molar-refractivity contribution in [2.75, 3.05) is 18.9 Å². The lowest BCUT2D eigenvalue weighted by Gasteiger charge is -2.26. The van der Waals surface area contributed by atoms with Crippen LogP contribution in [0.1, 0.15) is 0 Å². The van der Waals surface area contributed by atoms with E-state index in [0.29, 0.717) is 29.9 Å². The fourth-order valence-electron chi connectivity index (χ4n) is 3.43. The first kappa shape index (κ1) is 21.0. The molecular weight excluding hydrogens is 438 g/mol. The maximum Gasteiger partial charge on any atom is 0.230 e. The minimum absolute atomic E-state index is 0.115. The van der Waals surface area contributed by atoms with E-state index in [4.69, 9.17) is 9.47 Å². The number of amides is 1. The third-order valence-corrected chi connectivity index (χ3v) is 5.94. The van der Waals surface area contributed by atoms with Gasteiger partial charge in [-0.3, -0.25) is 14.3 Å². The summed E-state index contributed by atoms with van der Waals surface area (Å²) < 4.78 is 13.5. The van der Waals surface area contributed by atoms with Crippen molar-refractivity contribution in [3.05, 3.63) is 79.1 Å². The highest BCUT2D eigenvalue weighted by atomic mass is 32.2. The van der Waals surface area contributed by atoms with Crippen LogP contribution in [0, 0.1) is 0 Å². The number of aromatic nitrogens is 4. The lowest BCUT2D eigenvalue weighted by Crippen LogP contribution is -2.41. The molecule has 4 aromatic rings. The fourth-order valence-corrected chi connectivity index (χ4v) is 4.22. The van der Waals surface area contributed by atoms with Gasteiger partial charge in [-0.15, -0.1) is 10.2 Å². The predicted octanol–water partition coefficient (Wildman–Crippen LogP) is 3.38. The Labute approximate surface area is 195 Å². The van der Waals surface area contributed by atoms with E-state index in [1.165, 1.54) is 11.8 Å². The summed E-state index contributed by atoms with van der Waals surface area (Å²) in [5, 5.41) is 12.3. The number of benzene rings is 2. The Balaban J connectivity index is 1.24. The molecule has 8 nitrogen and oxygen atoms in total. The normalized spacial score (nSPS) is 14.6. The van der Waals surface area contributed by atoms with E-state index in [2.05, 4.69) is 20.5 Å². The lowest BCUT2D eigenvalue weighted by atomic mass is 10.2. The standard InChI is InChI=1S/C24H21N5O3S/c30-22(26-14-19-15-31-20-8-4-5-9-21(20)32-19)16-33-24-28-27-23(17-10-12-25-13-11-17)29(24)18-6-2-1-3-7-18/h1-13,19H,14-16H2,(H,26,30)/t19-/m1/s1. The van der Waals surface area contributed by atoms with Crippen LogP contribution in [0.25, 0.3) is 17.1 Å². The topological polar surface area (TPSA) is 91.2 Å². The first-order chi connectivity index (χ1) is 16.3. The van der Waals surface area contributed by atoms with Gasteiger partial charge in [-0.1, -0.05) is 42.1 Å². The summed E-state index contributed by atoms with van der Waals surface area (Å²) in [7, 11) is 0. The van der Waals surface area contributed by atoms with Crippen molar-refractivity contribution in [2.45, 2.75) is 11.3 Å². The van der Waals surface area contributed by atoms with Gasteiger partial charge in [0.05, 0.1) is 12.3 Å². The molecule has 166 valence electrons. The number of ether oxygens (including phenoxy) is 2. The van der Waals surface area contributed by atoms with Crippen LogP contribution >= 0.6 is 11.8 Å². The number of hydrogen-bond donors (Lipinski definition) is 1. The number of rotatable bonds is 7. The smallest absolute Gasteiger partial charge is 0.230 e. The maximum atomic E-state index is 12.5. The fraction of sp³-hybridized carbons (Fsp3) is 0.167. The highest BCUT2D eigenvalue weighted by molar-refractivity contribution is 7.99. The molecule has 0 saturated heterocycles. The summed E-state index contributed by atoms with van der Waals surface area (Å²) in [6.07, 6.45) is 3.20. The molecule has 1 aliphatic rings. The molecule has 3 heterocycles. The van der Waals surface area contributed by atoms with Gasteiger partial charge in [-0.2, -0.15) is 0 Å². The van der Waals surface area contributed by atoms with Crippen molar-refractivity contribution in [3.63, 3.8) is 0 Å². The van der Waals surface area contributed by atoms with Crippen LogP contribution in [-0.2, 0) is 4.79 Å². The van der Waals surface area contributed by atoms with Crippen molar-refractivity contribution in [1.29, 1.82) is 0 Å². The Kier molecular flexibility index (Phi) is 6.21. The second-order valence-electron chi connectivity index (χ2n) is 7.30. The van der Waals surface area contributed by atoms with Gasteiger partial charge in [0, 0.05) is 23.6 Å². The molecule has 0 bridgehead atoms. The van der Waals surface area contributed by atoms with E-state index in [-0.39, 0.29) is 17.8 Å². The Bertz CT molecular complexity index is 1230. The summed E-state index contributed by atoms with van der Waals surface area (Å²) in [4.78, 5) is 16.6. The molecule has 1 atom stereocenters. The molecule has 2 aromatic heterocycles. The molecule has 9 heteroatoms. The van der Waals surface area contributed by atoms with Crippen LogP contribution in [0.2, 0.25) is 0 Å². The number of carbonyl (C=O) groups is 1. The van der Waals surface area contributed by atoms with Gasteiger partial charge in [-0.25, -0.2) is 0 Å². The number of carbonyl (C=O) groups excluding carboxylic acids is 1. The third-order valence-electron chi connectivity index (χ3n) is 5.01. The Morgan fingerprint density at radius 2 is 1.76 bits per heavy atom. The lowest BCUT2D eigenvalue weighted by molar-refractivity contribution is -0.119. The van der Waals surface area contributed by atoms with Gasteiger partial charge in [-0.05, 0) is 36.4 Å². The number of hydrogen-bond acceptors (Lipinski definition) is 7. The van der Waals surface area contributed by atoms with Gasteiger partial charge in [0.25, 0.3) is 0 Å². The summed E-state index contributed by atoms with van der Waals surface area (Å²) >= 11 is 1.33. The van der Waals surface area contributed by atoms with Crippen LogP contribution in [0.3, 0.4) is 0 Å². The SMILES string of the molecule is O=C(CSc1nnc(-c2ccncc2)n1-c1ccccc1)NC[C@@H]1COc2ccccc2O1. The van der Waals surface area contributed by atoms with Crippen molar-refractivity contribution in [2.24, 2.45) is 0 Å². The number of nitrogens with one attached hydrogen (secondary N) is 1. The second kappa shape index (κ2) is 9.74. The van der Waals surface area contributed by atoms with E-state index >= 15 is 0 Å². The minimum Gasteiger partial charge on any atom is -0.486 e. The van der Waals surface area contributed by atoms with Crippen molar-refractivity contribution in [3.8, 4) is 28.6 Å². The molecule has 0 radical (unpaired) electrons. The van der Waals surface area contributed by atoms with Crippen LogP contribution < -0.4 is 14.8 Å². The summed E-state index contributed by atoms with van der Waals surface area (Å²) in [5.74, 6) is 2.19. The first-order valence-electron chi connectivity index (χ1n) is 10.5. The van der Waals surface area contributed by atoms with E-state index in [1.807, 2.05) is 71.3 Å². The van der Waals surface area contributed by atoms with E-state index in [1.54, 1.807) is 12.4 Å². The molecule has 2 aromatic carbocycles. The molecule has 33 heavy (non-hydrogen) atoms. The molecule has 5 rings (SSSR count). The molecule has 1 aliphatic heterocycles. The molecule has 0 aliphatic carbocycles. The van der Waals surface area contributed by atoms with Crippen LogP contribution in [-0.4, -0.2) is 50.7 Å². The highest BCUT2D eigenvalue weighted by Crippen LogP contribution is 2.31. The number of nitrogens with zero attached hydrogens (tertiary/aromatic N) is 4. The zero-order valence-electron chi connectivity index (χ0n) is 17.6. The van der Waals surface area contributed by atoms with Gasteiger partial charge in [0.15, 0.2) is 22.5 Å². The highest BCUT2D eigenvalue weighted by Gasteiger charge is 2.22. The van der Waals surface area contributed by atoms with Crippen LogP contribution in [0.4, 0.5) is 0 Å². The average Bonchev–Trinajstić information content (AvgIpc) is 3.31. The van der Waals surface area contributed by atoms with Crippen molar-refractivity contribution in [1.82, 2.24) is 25.1 Å². The number of thioether (sulfide) groups is 1. The molecule has 1 N–H and O–H groups in total. The summed E-state index contributed by atoms with van der Waals surface area (Å²) in [6, 6.07) is 21.1. The zero-order valence-corrected chi connectivity index (χ0v) is 18.4. The Morgan fingerprint density at radius 3 is 2.58 bits per heavy atom. The first-order valence-corrected chi connectivity index (χ1v) is 11.5. The van der Waals surface area contributed by atoms with Crippen molar-refractivity contribution >= 4 is 17.7 Å². The van der Waals surface area contributed by atoms with Crippen LogP contribution in [0.5, 0.6) is 11.5 Å². The maximum absolute atomic E-state index is 12.5. The monoisotopic (exact) mass is 459 g/mol. The minimum atomic E-state index is -0.236. The van der Waals surface area contributed by atoms with Gasteiger partial charge >= 0.3 is 0 Å². The largest absolute Gasteiger partial charge is 0.486 e. The average molecular weight is 460 g/mol. The van der Waals surface area contributed by atoms with Gasteiger partial charge in [0.1, 0.15) is 12.7 Å². The second-order valence-corrected chi connectivity index (χ2v) is 8.25. The Morgan fingerprint density at radius 1 is 1.00 bits per heavy atom. The van der Waals surface area contributed by atoms with Gasteiger partial charge in [0.2, 0.25) is 5.91 Å². The number of fused-ring (bicyclic) bond motifs is 1. The Hall–Kier alpha value is -3.85. The molecule has 0 unspecified atom stereocenters. The third kappa shape index (κ3) is 4.83. The van der Waals surface area contributed by atoms with E-state index < -0.39 is 0 Å². The molecule has 0 fully saturated rings. The molecule has 0 saturated carbocycles. The summed E-state index contributed by atoms with van der Waals surface area (Å²) in [5.41, 5.74) is 1.82. The molecule has 0 spiro atoms. The van der Waals surface area contributed by atoms with E-state index in [9.17, 15) is 4.79 Å². The van der Waals surface area contributed by atoms with Gasteiger partial charge < -0.3 is 14.8 Å². The van der Waals surface area contributed by atoms with Crippen LogP contribution in [0.15, 0.2) is 84.3 Å². The molecule has 1 amide bonds. The van der Waals surface area contributed by atoms with Crippen molar-refractivity contribution < 1.29 is 14.3 Å². The number of pyridine rings is 1.